The molecule has 8 heteroatoms. The minimum Gasteiger partial charge on any atom is -0.416 e. The number of carbonyl (C=O) groups is 2. The summed E-state index contributed by atoms with van der Waals surface area (Å²) in [6.45, 7) is 0. The largest absolute Gasteiger partial charge is 0.416 e. The summed E-state index contributed by atoms with van der Waals surface area (Å²) >= 11 is 1.08. The zero-order valence-electron chi connectivity index (χ0n) is 13.7. The van der Waals surface area contributed by atoms with Gasteiger partial charge in [0.2, 0.25) is 11.8 Å². The Hall–Kier alpha value is -3.13. The highest BCUT2D eigenvalue weighted by Crippen LogP contribution is 2.17. The van der Waals surface area contributed by atoms with Crippen LogP contribution in [0.25, 0.3) is 0 Å². The number of carbonyl (C=O) groups excluding carboxylic acids is 2. The van der Waals surface area contributed by atoms with E-state index in [1.165, 1.54) is 0 Å². The number of aromatic nitrogens is 2. The van der Waals surface area contributed by atoms with E-state index >= 15 is 0 Å². The van der Waals surface area contributed by atoms with Gasteiger partial charge in [0.1, 0.15) is 0 Å². The van der Waals surface area contributed by atoms with Crippen molar-refractivity contribution < 1.29 is 14.0 Å². The van der Waals surface area contributed by atoms with E-state index in [9.17, 15) is 9.59 Å². The first kappa shape index (κ1) is 17.7. The van der Waals surface area contributed by atoms with Crippen LogP contribution in [-0.2, 0) is 11.2 Å². The quantitative estimate of drug-likeness (QED) is 0.649. The van der Waals surface area contributed by atoms with E-state index < -0.39 is 11.9 Å². The van der Waals surface area contributed by atoms with Crippen molar-refractivity contribution in [1.29, 1.82) is 0 Å². The zero-order valence-corrected chi connectivity index (χ0v) is 14.5. The maximum absolute atomic E-state index is 11.8. The van der Waals surface area contributed by atoms with Gasteiger partial charge in [-0.15, -0.1) is 10.2 Å². The monoisotopic (exact) mass is 368 g/mol. The second-order valence-corrected chi connectivity index (χ2v) is 6.21. The zero-order chi connectivity index (χ0) is 18.2. The maximum Gasteiger partial charge on any atom is 0.325 e. The molecule has 0 saturated carbocycles. The van der Waals surface area contributed by atoms with Crippen LogP contribution in [0.3, 0.4) is 0 Å². The molecular formula is C18H16N4O3S. The van der Waals surface area contributed by atoms with Crippen LogP contribution >= 0.6 is 11.8 Å². The molecule has 0 aliphatic heterocycles. The summed E-state index contributed by atoms with van der Waals surface area (Å²) in [7, 11) is 0. The van der Waals surface area contributed by atoms with Crippen LogP contribution in [0.2, 0.25) is 0 Å². The molecule has 2 N–H and O–H groups in total. The molecule has 0 aliphatic carbocycles. The average Bonchev–Trinajstić information content (AvgIpc) is 3.09. The molecule has 7 nitrogen and oxygen atoms in total. The molecule has 0 fully saturated rings. The fraction of sp³-hybridized carbons (Fsp3) is 0.111. The van der Waals surface area contributed by atoms with E-state index in [-0.39, 0.29) is 11.0 Å². The molecule has 3 aromatic rings. The van der Waals surface area contributed by atoms with E-state index in [1.54, 1.807) is 24.3 Å². The second-order valence-electron chi connectivity index (χ2n) is 5.28. The number of thioether (sulfide) groups is 1. The lowest BCUT2D eigenvalue weighted by Gasteiger charge is -2.05. The van der Waals surface area contributed by atoms with Gasteiger partial charge in [-0.25, -0.2) is 4.79 Å². The Kier molecular flexibility index (Phi) is 6.00. The van der Waals surface area contributed by atoms with Gasteiger partial charge in [0, 0.05) is 5.69 Å². The Labute approximate surface area is 154 Å². The lowest BCUT2D eigenvalue weighted by molar-refractivity contribution is -0.117. The number of nitrogens with zero attached hydrogens (tertiary/aromatic N) is 2. The molecule has 26 heavy (non-hydrogen) atoms. The number of benzene rings is 2. The van der Waals surface area contributed by atoms with E-state index in [4.69, 9.17) is 4.42 Å². The van der Waals surface area contributed by atoms with Crippen LogP contribution in [0, 0.1) is 0 Å². The lowest BCUT2D eigenvalue weighted by Crippen LogP contribution is -2.35. The van der Waals surface area contributed by atoms with Gasteiger partial charge in [-0.2, -0.15) is 0 Å². The number of urea groups is 1. The van der Waals surface area contributed by atoms with Crippen LogP contribution in [0.1, 0.15) is 11.5 Å². The Morgan fingerprint density at radius 1 is 0.962 bits per heavy atom. The maximum atomic E-state index is 11.8. The fourth-order valence-electron chi connectivity index (χ4n) is 2.11. The van der Waals surface area contributed by atoms with Gasteiger partial charge in [-0.3, -0.25) is 10.1 Å². The number of amides is 3. The van der Waals surface area contributed by atoms with Gasteiger partial charge in [-0.1, -0.05) is 60.3 Å². The highest BCUT2D eigenvalue weighted by atomic mass is 32.2. The molecule has 0 unspecified atom stereocenters. The number of hydrogen-bond acceptors (Lipinski definition) is 6. The summed E-state index contributed by atoms with van der Waals surface area (Å²) in [6, 6.07) is 18.0. The van der Waals surface area contributed by atoms with Crippen molar-refractivity contribution in [2.24, 2.45) is 0 Å². The number of anilines is 1. The van der Waals surface area contributed by atoms with Crippen LogP contribution in [-0.4, -0.2) is 27.9 Å². The third-order valence-electron chi connectivity index (χ3n) is 3.26. The Morgan fingerprint density at radius 3 is 2.38 bits per heavy atom. The highest BCUT2D eigenvalue weighted by molar-refractivity contribution is 7.99. The SMILES string of the molecule is O=C(CSc1nnc(Cc2ccccc2)o1)NC(=O)Nc1ccccc1. The minimum absolute atomic E-state index is 0.00478. The molecule has 132 valence electrons. The van der Waals surface area contributed by atoms with Crippen molar-refractivity contribution in [2.45, 2.75) is 11.6 Å². The predicted octanol–water partition coefficient (Wildman–Crippen LogP) is 3.10. The van der Waals surface area contributed by atoms with E-state index in [2.05, 4.69) is 20.8 Å². The standard InChI is InChI=1S/C18H16N4O3S/c23-15(20-17(24)19-14-9-5-2-6-10-14)12-26-18-22-21-16(25-18)11-13-7-3-1-4-8-13/h1-10H,11-12H2,(H2,19,20,23,24). The van der Waals surface area contributed by atoms with Gasteiger partial charge in [0.15, 0.2) is 0 Å². The first-order valence-electron chi connectivity index (χ1n) is 7.84. The van der Waals surface area contributed by atoms with Crippen molar-refractivity contribution >= 4 is 29.4 Å². The molecule has 3 amide bonds. The van der Waals surface area contributed by atoms with E-state index in [0.29, 0.717) is 18.0 Å². The number of para-hydroxylation sites is 1. The predicted molar refractivity (Wildman–Crippen MR) is 97.9 cm³/mol. The summed E-state index contributed by atoms with van der Waals surface area (Å²) in [5.41, 5.74) is 1.66. The van der Waals surface area contributed by atoms with Gasteiger partial charge >= 0.3 is 6.03 Å². The fourth-order valence-corrected chi connectivity index (χ4v) is 2.69. The van der Waals surface area contributed by atoms with Crippen molar-refractivity contribution in [3.63, 3.8) is 0 Å². The topological polar surface area (TPSA) is 97.1 Å². The van der Waals surface area contributed by atoms with Gasteiger partial charge < -0.3 is 9.73 Å². The molecule has 1 aromatic heterocycles. The van der Waals surface area contributed by atoms with Crippen molar-refractivity contribution in [2.75, 3.05) is 11.1 Å². The lowest BCUT2D eigenvalue weighted by atomic mass is 10.2. The molecule has 0 saturated heterocycles. The molecule has 3 rings (SSSR count). The van der Waals surface area contributed by atoms with Gasteiger partial charge in [0.05, 0.1) is 12.2 Å². The molecule has 0 bridgehead atoms. The van der Waals surface area contributed by atoms with E-state index in [1.807, 2.05) is 36.4 Å². The smallest absolute Gasteiger partial charge is 0.325 e. The van der Waals surface area contributed by atoms with Crippen molar-refractivity contribution in [1.82, 2.24) is 15.5 Å². The summed E-state index contributed by atoms with van der Waals surface area (Å²) < 4.78 is 5.50. The number of imide groups is 1. The molecule has 1 heterocycles. The minimum atomic E-state index is -0.586. The molecule has 0 spiro atoms. The summed E-state index contributed by atoms with van der Waals surface area (Å²) in [6.07, 6.45) is 0.528. The molecule has 2 aromatic carbocycles. The number of hydrogen-bond donors (Lipinski definition) is 2. The van der Waals surface area contributed by atoms with Gasteiger partial charge in [0.25, 0.3) is 5.22 Å². The Bertz CT molecular complexity index is 868. The first-order valence-corrected chi connectivity index (χ1v) is 8.82. The summed E-state index contributed by atoms with van der Waals surface area (Å²) in [4.78, 5) is 23.6. The molecular weight excluding hydrogens is 352 g/mol. The normalized spacial score (nSPS) is 10.3. The van der Waals surface area contributed by atoms with E-state index in [0.717, 1.165) is 17.3 Å². The third-order valence-corrected chi connectivity index (χ3v) is 4.08. The molecule has 0 radical (unpaired) electrons. The Morgan fingerprint density at radius 2 is 1.65 bits per heavy atom. The first-order chi connectivity index (χ1) is 12.7. The summed E-state index contributed by atoms with van der Waals surface area (Å²) in [5, 5.41) is 13.0. The Balaban J connectivity index is 1.44. The van der Waals surface area contributed by atoms with Crippen LogP contribution in [0.4, 0.5) is 10.5 Å². The summed E-state index contributed by atoms with van der Waals surface area (Å²) in [5.74, 6) is 0.0157. The molecule has 0 aliphatic rings. The highest BCUT2D eigenvalue weighted by Gasteiger charge is 2.12. The van der Waals surface area contributed by atoms with Crippen LogP contribution < -0.4 is 10.6 Å². The molecule has 0 atom stereocenters. The van der Waals surface area contributed by atoms with Crippen molar-refractivity contribution in [3.8, 4) is 0 Å². The average molecular weight is 368 g/mol. The van der Waals surface area contributed by atoms with Gasteiger partial charge in [-0.05, 0) is 17.7 Å². The third kappa shape index (κ3) is 5.45. The second kappa shape index (κ2) is 8.82. The number of rotatable bonds is 6. The van der Waals surface area contributed by atoms with Crippen LogP contribution in [0.5, 0.6) is 0 Å². The van der Waals surface area contributed by atoms with Crippen LogP contribution in [0.15, 0.2) is 70.3 Å². The number of nitrogens with one attached hydrogen (secondary N) is 2. The van der Waals surface area contributed by atoms with Crippen molar-refractivity contribution in [3.05, 3.63) is 72.1 Å².